The van der Waals surface area contributed by atoms with E-state index in [9.17, 15) is 9.69 Å². The molecule has 0 aliphatic heterocycles. The molecule has 1 unspecified atom stereocenters. The Morgan fingerprint density at radius 1 is 1.32 bits per heavy atom. The number of carbonyl (C=O) groups excluding carboxylic acids is 1. The van der Waals surface area contributed by atoms with Crippen molar-refractivity contribution in [1.29, 1.82) is 0 Å². The Morgan fingerprint density at radius 2 is 1.89 bits per heavy atom. The van der Waals surface area contributed by atoms with Gasteiger partial charge in [0.05, 0.1) is 6.10 Å². The van der Waals surface area contributed by atoms with E-state index in [4.69, 9.17) is 20.5 Å². The predicted octanol–water partition coefficient (Wildman–Crippen LogP) is 2.90. The summed E-state index contributed by atoms with van der Waals surface area (Å²) in [6, 6.07) is 7.88. The third kappa shape index (κ3) is 6.21. The van der Waals surface area contributed by atoms with E-state index in [1.165, 1.54) is 0 Å². The maximum absolute atomic E-state index is 11.6. The van der Waals surface area contributed by atoms with Gasteiger partial charge in [-0.25, -0.2) is 0 Å². The Labute approximate surface area is 118 Å². The first-order valence-corrected chi connectivity index (χ1v) is 8.41. The number of para-hydroxylation sites is 1. The van der Waals surface area contributed by atoms with E-state index < -0.39 is 19.2 Å². The van der Waals surface area contributed by atoms with Crippen molar-refractivity contribution < 1.29 is 18.9 Å². The molecule has 0 radical (unpaired) electrons. The third-order valence-corrected chi connectivity index (χ3v) is 3.69. The number of hydrogen-bond donors (Lipinski definition) is 2. The van der Waals surface area contributed by atoms with E-state index in [-0.39, 0.29) is 6.10 Å². The molecular formula is C12H18ClNO4P+. The molecule has 2 atom stereocenters. The summed E-state index contributed by atoms with van der Waals surface area (Å²) in [6.45, 7) is 5.03. The van der Waals surface area contributed by atoms with Crippen LogP contribution in [0.5, 0.6) is 5.75 Å². The fraction of sp³-hybridized carbons (Fsp3) is 0.417. The summed E-state index contributed by atoms with van der Waals surface area (Å²) in [7, 11) is -3.40. The van der Waals surface area contributed by atoms with E-state index in [2.05, 4.69) is 5.09 Å². The molecule has 0 aliphatic carbocycles. The smallest absolute Gasteiger partial charge is 0.462 e. The highest BCUT2D eigenvalue weighted by Crippen LogP contribution is 2.56. The average molecular weight is 307 g/mol. The van der Waals surface area contributed by atoms with Crippen molar-refractivity contribution in [3.63, 3.8) is 0 Å². The summed E-state index contributed by atoms with van der Waals surface area (Å²) in [4.78, 5) is 21.5. The van der Waals surface area contributed by atoms with Crippen LogP contribution in [0.25, 0.3) is 0 Å². The van der Waals surface area contributed by atoms with Crippen molar-refractivity contribution in [3.8, 4) is 5.75 Å². The first-order chi connectivity index (χ1) is 8.80. The zero-order valence-electron chi connectivity index (χ0n) is 11.0. The van der Waals surface area contributed by atoms with Crippen LogP contribution in [0.4, 0.5) is 0 Å². The molecule has 0 saturated heterocycles. The largest absolute Gasteiger partial charge is 0.496 e. The molecule has 0 spiro atoms. The maximum atomic E-state index is 11.6. The molecule has 1 aromatic carbocycles. The van der Waals surface area contributed by atoms with Gasteiger partial charge in [-0.15, -0.1) is 5.09 Å². The number of esters is 1. The fourth-order valence-corrected chi connectivity index (χ4v) is 2.99. The Kier molecular flexibility index (Phi) is 6.01. The Bertz CT molecular complexity index is 413. The van der Waals surface area contributed by atoms with E-state index >= 15 is 0 Å². The average Bonchev–Trinajstić information content (AvgIpc) is 2.27. The number of benzene rings is 1. The summed E-state index contributed by atoms with van der Waals surface area (Å²) in [5.74, 6) is -0.0732. The van der Waals surface area contributed by atoms with Crippen molar-refractivity contribution in [3.05, 3.63) is 30.3 Å². The molecular weight excluding hydrogens is 289 g/mol. The van der Waals surface area contributed by atoms with Crippen LogP contribution in [0.15, 0.2) is 30.3 Å². The van der Waals surface area contributed by atoms with Gasteiger partial charge in [0, 0.05) is 0 Å². The fourth-order valence-electron chi connectivity index (χ4n) is 1.27. The summed E-state index contributed by atoms with van der Waals surface area (Å²) in [5.41, 5.74) is 0. The Balaban J connectivity index is 2.56. The van der Waals surface area contributed by atoms with E-state index in [1.54, 1.807) is 45.0 Å². The van der Waals surface area contributed by atoms with Crippen LogP contribution in [-0.4, -0.2) is 23.0 Å². The molecule has 1 aromatic rings. The molecule has 0 amide bonds. The van der Waals surface area contributed by atoms with E-state index in [1.807, 2.05) is 6.07 Å². The number of ether oxygens (including phenoxy) is 1. The first-order valence-electron chi connectivity index (χ1n) is 5.84. The number of rotatable bonds is 6. The molecule has 0 saturated carbocycles. The van der Waals surface area contributed by atoms with Crippen molar-refractivity contribution in [2.75, 3.05) is 0 Å². The summed E-state index contributed by atoms with van der Waals surface area (Å²) in [5, 5.41) is 2.55. The normalized spacial score (nSPS) is 15.7. The van der Waals surface area contributed by atoms with E-state index in [0.29, 0.717) is 5.75 Å². The molecule has 0 heterocycles. The van der Waals surface area contributed by atoms with Crippen LogP contribution in [0.3, 0.4) is 0 Å². The number of nitrogens with one attached hydrogen (secondary N) is 1. The molecule has 0 aromatic heterocycles. The molecule has 1 rings (SSSR count). The molecule has 0 aliphatic rings. The minimum Gasteiger partial charge on any atom is -0.462 e. The van der Waals surface area contributed by atoms with Gasteiger partial charge < -0.3 is 4.74 Å². The Morgan fingerprint density at radius 3 is 2.42 bits per heavy atom. The molecule has 7 heteroatoms. The van der Waals surface area contributed by atoms with Crippen LogP contribution >= 0.6 is 18.5 Å². The first kappa shape index (κ1) is 16.2. The summed E-state index contributed by atoms with van der Waals surface area (Å²) >= 11 is 5.87. The Hall–Kier alpha value is -0.870. The van der Waals surface area contributed by atoms with Crippen molar-refractivity contribution >= 4 is 24.4 Å². The highest BCUT2D eigenvalue weighted by atomic mass is 35.7. The lowest BCUT2D eigenvalue weighted by atomic mass is 10.3. The van der Waals surface area contributed by atoms with Crippen molar-refractivity contribution in [2.24, 2.45) is 0 Å². The zero-order valence-corrected chi connectivity index (χ0v) is 12.7. The van der Waals surface area contributed by atoms with Crippen molar-refractivity contribution in [2.45, 2.75) is 32.9 Å². The highest BCUT2D eigenvalue weighted by molar-refractivity contribution is 7.89. The van der Waals surface area contributed by atoms with Gasteiger partial charge in [0.1, 0.15) is 6.04 Å². The van der Waals surface area contributed by atoms with Gasteiger partial charge in [-0.1, -0.05) is 18.2 Å². The zero-order chi connectivity index (χ0) is 14.5. The molecule has 0 fully saturated rings. The molecule has 19 heavy (non-hydrogen) atoms. The molecule has 106 valence electrons. The van der Waals surface area contributed by atoms with Crippen LogP contribution in [0.2, 0.25) is 0 Å². The summed E-state index contributed by atoms with van der Waals surface area (Å²) < 4.78 is 10.2. The lowest BCUT2D eigenvalue weighted by Gasteiger charge is -2.17. The van der Waals surface area contributed by atoms with Crippen LogP contribution in [0.1, 0.15) is 20.8 Å². The maximum Gasteiger partial charge on any atom is 0.496 e. The second-order valence-corrected chi connectivity index (χ2v) is 7.06. The topological polar surface area (TPSA) is 67.8 Å². The van der Waals surface area contributed by atoms with Gasteiger partial charge in [0.15, 0.2) is 17.0 Å². The van der Waals surface area contributed by atoms with Crippen molar-refractivity contribution in [1.82, 2.24) is 5.09 Å². The van der Waals surface area contributed by atoms with Crippen LogP contribution in [-0.2, 0) is 9.53 Å². The van der Waals surface area contributed by atoms with Gasteiger partial charge in [0.25, 0.3) is 0 Å². The quantitative estimate of drug-likeness (QED) is 0.625. The standard InChI is InChI=1S/C12H18ClNO4P/c1-9(2)17-12(15)10(3)14-19(13,16)18-11-7-5-4-6-8-11/h4-10,14,16H,1-3H3/q+1/t10-,19?/m0/s1. The third-order valence-electron chi connectivity index (χ3n) is 2.03. The highest BCUT2D eigenvalue weighted by Gasteiger charge is 2.42. The van der Waals surface area contributed by atoms with Gasteiger partial charge in [0.2, 0.25) is 0 Å². The molecule has 5 nitrogen and oxygen atoms in total. The molecule has 0 bridgehead atoms. The monoisotopic (exact) mass is 306 g/mol. The lowest BCUT2D eigenvalue weighted by molar-refractivity contribution is -0.149. The number of carbonyl (C=O) groups is 1. The van der Waals surface area contributed by atoms with Gasteiger partial charge in [-0.3, -0.25) is 9.32 Å². The minimum atomic E-state index is -3.40. The van der Waals surface area contributed by atoms with E-state index in [0.717, 1.165) is 0 Å². The SMILES string of the molecule is CC(C)OC(=O)[C@H](C)N[P+](O)(Cl)Oc1ccccc1. The van der Waals surface area contributed by atoms with Crippen LogP contribution in [0, 0.1) is 0 Å². The predicted molar refractivity (Wildman–Crippen MR) is 75.9 cm³/mol. The minimum absolute atomic E-state index is 0.228. The number of halogens is 1. The lowest BCUT2D eigenvalue weighted by Crippen LogP contribution is -2.36. The summed E-state index contributed by atoms with van der Waals surface area (Å²) in [6.07, 6.45) is -0.228. The van der Waals surface area contributed by atoms with Gasteiger partial charge >= 0.3 is 13.2 Å². The van der Waals surface area contributed by atoms with Crippen LogP contribution < -0.4 is 9.61 Å². The van der Waals surface area contributed by atoms with Gasteiger partial charge in [-0.05, 0) is 32.9 Å². The second kappa shape index (κ2) is 7.06. The molecule has 2 N–H and O–H groups in total. The van der Waals surface area contributed by atoms with Gasteiger partial charge in [-0.2, -0.15) is 4.89 Å². The number of hydrogen-bond acceptors (Lipinski definition) is 5. The second-order valence-electron chi connectivity index (χ2n) is 4.24.